The van der Waals surface area contributed by atoms with Crippen LogP contribution in [0.1, 0.15) is 16.1 Å². The Kier molecular flexibility index (Phi) is 5.27. The molecule has 1 fully saturated rings. The Bertz CT molecular complexity index is 1150. The number of halogens is 1. The first-order chi connectivity index (χ1) is 13.9. The average Bonchev–Trinajstić information content (AvgIpc) is 3.27. The monoisotopic (exact) mass is 441 g/mol. The maximum Gasteiger partial charge on any atom is 0.335 e. The zero-order chi connectivity index (χ0) is 20.5. The van der Waals surface area contributed by atoms with Gasteiger partial charge in [-0.3, -0.25) is 9.69 Å². The van der Waals surface area contributed by atoms with Crippen molar-refractivity contribution >= 4 is 63.5 Å². The molecule has 1 aromatic heterocycles. The topological polar surface area (TPSA) is 70.8 Å². The van der Waals surface area contributed by atoms with Crippen molar-refractivity contribution in [3.63, 3.8) is 0 Å². The molecular weight excluding hydrogens is 430 g/mol. The number of aromatic carboxylic acids is 1. The zero-order valence-electron chi connectivity index (χ0n) is 14.7. The van der Waals surface area contributed by atoms with E-state index in [1.165, 1.54) is 17.0 Å². The highest BCUT2D eigenvalue weighted by Gasteiger charge is 2.33. The number of carboxylic acids is 1. The summed E-state index contributed by atoms with van der Waals surface area (Å²) in [4.78, 5) is 25.6. The molecule has 0 aliphatic carbocycles. The van der Waals surface area contributed by atoms with Crippen LogP contribution in [0.15, 0.2) is 70.0 Å². The van der Waals surface area contributed by atoms with E-state index in [0.717, 1.165) is 17.3 Å². The minimum Gasteiger partial charge on any atom is -0.478 e. The minimum absolute atomic E-state index is 0.139. The highest BCUT2D eigenvalue weighted by Crippen LogP contribution is 2.36. The van der Waals surface area contributed by atoms with Gasteiger partial charge in [0.1, 0.15) is 11.5 Å². The number of furan rings is 1. The molecule has 4 rings (SSSR count). The summed E-state index contributed by atoms with van der Waals surface area (Å²) in [6.45, 7) is 0. The number of thiocarbonyl (C=S) groups is 1. The predicted molar refractivity (Wildman–Crippen MR) is 118 cm³/mol. The molecule has 0 radical (unpaired) electrons. The fourth-order valence-corrected chi connectivity index (χ4v) is 4.18. The third-order valence-corrected chi connectivity index (χ3v) is 5.75. The molecule has 1 aliphatic rings. The number of carbonyl (C=O) groups is 2. The quantitative estimate of drug-likeness (QED) is 0.413. The largest absolute Gasteiger partial charge is 0.478 e. The van der Waals surface area contributed by atoms with Gasteiger partial charge in [0.2, 0.25) is 0 Å². The molecule has 3 aromatic rings. The number of anilines is 1. The van der Waals surface area contributed by atoms with Crippen LogP contribution in [-0.2, 0) is 4.79 Å². The van der Waals surface area contributed by atoms with Crippen LogP contribution in [0.25, 0.3) is 17.4 Å². The van der Waals surface area contributed by atoms with Crippen LogP contribution < -0.4 is 4.90 Å². The van der Waals surface area contributed by atoms with Crippen molar-refractivity contribution in [3.05, 3.63) is 81.9 Å². The lowest BCUT2D eigenvalue weighted by Crippen LogP contribution is -2.27. The summed E-state index contributed by atoms with van der Waals surface area (Å²) >= 11 is 12.4. The molecule has 5 nitrogen and oxygen atoms in total. The van der Waals surface area contributed by atoms with Gasteiger partial charge in [0.25, 0.3) is 5.91 Å². The second-order valence-corrected chi connectivity index (χ2v) is 8.19. The van der Waals surface area contributed by atoms with Crippen LogP contribution in [0.3, 0.4) is 0 Å². The van der Waals surface area contributed by atoms with Gasteiger partial charge >= 0.3 is 5.97 Å². The number of thioether (sulfide) groups is 1. The van der Waals surface area contributed by atoms with E-state index in [0.29, 0.717) is 31.5 Å². The number of benzene rings is 2. The van der Waals surface area contributed by atoms with E-state index in [2.05, 4.69) is 0 Å². The molecule has 0 atom stereocenters. The van der Waals surface area contributed by atoms with Crippen LogP contribution in [0.2, 0.25) is 5.02 Å². The lowest BCUT2D eigenvalue weighted by molar-refractivity contribution is -0.113. The molecule has 0 saturated carbocycles. The molecule has 0 spiro atoms. The first-order valence-corrected chi connectivity index (χ1v) is 10.00. The van der Waals surface area contributed by atoms with Crippen molar-refractivity contribution < 1.29 is 19.1 Å². The Morgan fingerprint density at radius 2 is 1.76 bits per heavy atom. The van der Waals surface area contributed by atoms with Gasteiger partial charge in [-0.05, 0) is 60.7 Å². The SMILES string of the molecule is O=C(O)c1ccc(N2C(=O)/C(=C/c3ccc(-c4ccc(Cl)cc4)o3)SC2=S)cc1. The maximum atomic E-state index is 12.8. The van der Waals surface area contributed by atoms with Crippen LogP contribution in [0, 0.1) is 0 Å². The second-order valence-electron chi connectivity index (χ2n) is 6.08. The van der Waals surface area contributed by atoms with Gasteiger partial charge in [-0.25, -0.2) is 4.79 Å². The molecule has 144 valence electrons. The third kappa shape index (κ3) is 3.98. The van der Waals surface area contributed by atoms with Gasteiger partial charge in [0.15, 0.2) is 4.32 Å². The van der Waals surface area contributed by atoms with Crippen molar-refractivity contribution in [1.29, 1.82) is 0 Å². The number of hydrogen-bond acceptors (Lipinski definition) is 5. The summed E-state index contributed by atoms with van der Waals surface area (Å²) in [7, 11) is 0. The number of hydrogen-bond donors (Lipinski definition) is 1. The van der Waals surface area contributed by atoms with Gasteiger partial charge in [0, 0.05) is 16.7 Å². The van der Waals surface area contributed by atoms with Gasteiger partial charge in [0.05, 0.1) is 16.2 Å². The van der Waals surface area contributed by atoms with Crippen LogP contribution in [0.4, 0.5) is 5.69 Å². The Hall–Kier alpha value is -2.87. The molecular formula is C21H12ClNO4S2. The van der Waals surface area contributed by atoms with E-state index in [9.17, 15) is 9.59 Å². The molecule has 0 bridgehead atoms. The highest BCUT2D eigenvalue weighted by atomic mass is 35.5. The molecule has 1 aliphatic heterocycles. The van der Waals surface area contributed by atoms with Gasteiger partial charge < -0.3 is 9.52 Å². The fourth-order valence-electron chi connectivity index (χ4n) is 2.77. The number of rotatable bonds is 4. The Morgan fingerprint density at radius 1 is 1.07 bits per heavy atom. The number of nitrogens with zero attached hydrogens (tertiary/aromatic N) is 1. The minimum atomic E-state index is -1.03. The molecule has 2 heterocycles. The molecule has 2 aromatic carbocycles. The average molecular weight is 442 g/mol. The van der Waals surface area contributed by atoms with Crippen molar-refractivity contribution in [3.8, 4) is 11.3 Å². The molecule has 1 amide bonds. The molecule has 29 heavy (non-hydrogen) atoms. The van der Waals surface area contributed by atoms with E-state index in [1.807, 2.05) is 18.2 Å². The molecule has 8 heteroatoms. The van der Waals surface area contributed by atoms with Gasteiger partial charge in [-0.1, -0.05) is 35.6 Å². The molecule has 1 saturated heterocycles. The van der Waals surface area contributed by atoms with E-state index in [4.69, 9.17) is 33.3 Å². The first-order valence-electron chi connectivity index (χ1n) is 8.39. The van der Waals surface area contributed by atoms with E-state index < -0.39 is 5.97 Å². The van der Waals surface area contributed by atoms with Crippen molar-refractivity contribution in [2.45, 2.75) is 0 Å². The molecule has 1 N–H and O–H groups in total. The van der Waals surface area contributed by atoms with E-state index in [1.54, 1.807) is 36.4 Å². The van der Waals surface area contributed by atoms with Crippen LogP contribution in [0.5, 0.6) is 0 Å². The summed E-state index contributed by atoms with van der Waals surface area (Å²) in [6.07, 6.45) is 1.64. The van der Waals surface area contributed by atoms with Crippen molar-refractivity contribution in [1.82, 2.24) is 0 Å². The Labute approximate surface area is 180 Å². The van der Waals surface area contributed by atoms with Crippen molar-refractivity contribution in [2.75, 3.05) is 4.90 Å². The van der Waals surface area contributed by atoms with Crippen molar-refractivity contribution in [2.24, 2.45) is 0 Å². The van der Waals surface area contributed by atoms with Crippen LogP contribution >= 0.6 is 35.6 Å². The first kappa shape index (κ1) is 19.4. The second kappa shape index (κ2) is 7.87. The highest BCUT2D eigenvalue weighted by molar-refractivity contribution is 8.27. The summed E-state index contributed by atoms with van der Waals surface area (Å²) in [5, 5.41) is 9.65. The standard InChI is InChI=1S/C21H12ClNO4S2/c22-14-5-1-12(2-6-14)17-10-9-16(27-17)11-18-19(24)23(21(28)29-18)15-7-3-13(4-8-15)20(25)26/h1-11H,(H,25,26)/b18-11-. The summed E-state index contributed by atoms with van der Waals surface area (Å²) in [5.41, 5.74) is 1.53. The maximum absolute atomic E-state index is 12.8. The Balaban J connectivity index is 1.58. The lowest BCUT2D eigenvalue weighted by Gasteiger charge is -2.14. The number of carbonyl (C=O) groups excluding carboxylic acids is 1. The summed E-state index contributed by atoms with van der Waals surface area (Å²) < 4.78 is 6.20. The third-order valence-electron chi connectivity index (χ3n) is 4.20. The number of amides is 1. The predicted octanol–water partition coefficient (Wildman–Crippen LogP) is 5.70. The van der Waals surface area contributed by atoms with E-state index in [-0.39, 0.29) is 11.5 Å². The normalized spacial score (nSPS) is 15.3. The summed E-state index contributed by atoms with van der Waals surface area (Å²) in [5.74, 6) is -0.131. The van der Waals surface area contributed by atoms with E-state index >= 15 is 0 Å². The van der Waals surface area contributed by atoms with Gasteiger partial charge in [-0.15, -0.1) is 0 Å². The lowest BCUT2D eigenvalue weighted by atomic mass is 10.2. The zero-order valence-corrected chi connectivity index (χ0v) is 17.1. The number of carboxylic acid groups (broad SMARTS) is 1. The van der Waals surface area contributed by atoms with Crippen LogP contribution in [-0.4, -0.2) is 21.3 Å². The Morgan fingerprint density at radius 3 is 2.41 bits per heavy atom. The fraction of sp³-hybridized carbons (Fsp3) is 0. The van der Waals surface area contributed by atoms with Gasteiger partial charge in [-0.2, -0.15) is 0 Å². The molecule has 0 unspecified atom stereocenters. The smallest absolute Gasteiger partial charge is 0.335 e. The summed E-state index contributed by atoms with van der Waals surface area (Å²) in [6, 6.07) is 16.8.